The second-order valence-corrected chi connectivity index (χ2v) is 7.28. The van der Waals surface area contributed by atoms with Gasteiger partial charge in [-0.3, -0.25) is 4.79 Å². The lowest BCUT2D eigenvalue weighted by Crippen LogP contribution is -2.50. The van der Waals surface area contributed by atoms with Crippen LogP contribution in [0.5, 0.6) is 0 Å². The summed E-state index contributed by atoms with van der Waals surface area (Å²) in [6, 6.07) is 5.76. The molecule has 1 amide bonds. The lowest BCUT2D eigenvalue weighted by atomic mass is 10.0. The predicted octanol–water partition coefficient (Wildman–Crippen LogP) is 3.87. The van der Waals surface area contributed by atoms with Gasteiger partial charge in [0, 0.05) is 22.0 Å². The van der Waals surface area contributed by atoms with Crippen molar-refractivity contribution < 1.29 is 18.7 Å². The molecule has 24 heavy (non-hydrogen) atoms. The Bertz CT molecular complexity index is 766. The van der Waals surface area contributed by atoms with E-state index in [1.54, 1.807) is 0 Å². The third-order valence-electron chi connectivity index (χ3n) is 4.86. The molecular weight excluding hydrogens is 374 g/mol. The Labute approximate surface area is 149 Å². The monoisotopic (exact) mass is 393 g/mol. The summed E-state index contributed by atoms with van der Waals surface area (Å²) in [6.45, 7) is 3.85. The average Bonchev–Trinajstić information content (AvgIpc) is 3.23. The summed E-state index contributed by atoms with van der Waals surface area (Å²) in [5, 5.41) is 0.967. The largest absolute Gasteiger partial charge is 0.451 e. The summed E-state index contributed by atoms with van der Waals surface area (Å²) in [5.74, 6) is 0.358. The molecule has 2 fully saturated rings. The maximum atomic E-state index is 13.2. The number of aryl methyl sites for hydroxylation is 1. The Kier molecular flexibility index (Phi) is 4.37. The molecule has 6 heteroatoms. The lowest BCUT2D eigenvalue weighted by molar-refractivity contribution is -0.100. The third kappa shape index (κ3) is 2.76. The van der Waals surface area contributed by atoms with Gasteiger partial charge in [-0.25, -0.2) is 0 Å². The lowest BCUT2D eigenvalue weighted by Gasteiger charge is -2.37. The van der Waals surface area contributed by atoms with Crippen molar-refractivity contribution in [3.05, 3.63) is 34.0 Å². The van der Waals surface area contributed by atoms with Crippen LogP contribution in [0, 0.1) is 6.92 Å². The number of halogens is 1. The van der Waals surface area contributed by atoms with E-state index in [1.807, 2.05) is 30.0 Å². The highest BCUT2D eigenvalue weighted by atomic mass is 79.9. The van der Waals surface area contributed by atoms with E-state index < -0.39 is 0 Å². The maximum absolute atomic E-state index is 13.2. The number of carbonyl (C=O) groups excluding carboxylic acids is 1. The zero-order chi connectivity index (χ0) is 16.7. The van der Waals surface area contributed by atoms with Crippen LogP contribution in [0.25, 0.3) is 11.0 Å². The van der Waals surface area contributed by atoms with Crippen molar-refractivity contribution >= 4 is 32.8 Å². The molecule has 0 N–H and O–H groups in total. The summed E-state index contributed by atoms with van der Waals surface area (Å²) in [7, 11) is 0. The fourth-order valence-corrected chi connectivity index (χ4v) is 3.98. The first-order chi connectivity index (χ1) is 11.6. The molecule has 0 spiro atoms. The average molecular weight is 394 g/mol. The van der Waals surface area contributed by atoms with Crippen LogP contribution in [0.3, 0.4) is 0 Å². The zero-order valence-corrected chi connectivity index (χ0v) is 15.2. The van der Waals surface area contributed by atoms with E-state index in [2.05, 4.69) is 15.9 Å². The van der Waals surface area contributed by atoms with Gasteiger partial charge in [0.25, 0.3) is 5.91 Å². The minimum absolute atomic E-state index is 0.0342. The highest BCUT2D eigenvalue weighted by Crippen LogP contribution is 2.31. The maximum Gasteiger partial charge on any atom is 0.290 e. The number of hydrogen-bond donors (Lipinski definition) is 0. The number of carbonyl (C=O) groups is 1. The number of ether oxygens (including phenoxy) is 2. The standard InChI is InChI=1S/C18H20BrNO4/c1-11-13-10-12(19)5-6-15(13)24-16(11)17(21)20-7-3-2-4-14(20)18-22-8-9-23-18/h5-6,10,14,18H,2-4,7-9H2,1H3. The Balaban J connectivity index is 1.67. The van der Waals surface area contributed by atoms with Crippen LogP contribution in [0.2, 0.25) is 0 Å². The number of nitrogens with zero attached hydrogens (tertiary/aromatic N) is 1. The van der Waals surface area contributed by atoms with Crippen LogP contribution in [-0.2, 0) is 9.47 Å². The van der Waals surface area contributed by atoms with E-state index in [0.29, 0.717) is 25.5 Å². The molecule has 3 heterocycles. The molecule has 2 aliphatic heterocycles. The van der Waals surface area contributed by atoms with Crippen LogP contribution in [-0.4, -0.2) is 42.9 Å². The molecule has 2 aliphatic rings. The molecule has 1 unspecified atom stereocenters. The van der Waals surface area contributed by atoms with Gasteiger partial charge < -0.3 is 18.8 Å². The summed E-state index contributed by atoms with van der Waals surface area (Å²) in [5.41, 5.74) is 1.62. The normalized spacial score (nSPS) is 22.4. The minimum atomic E-state index is -0.312. The highest BCUT2D eigenvalue weighted by molar-refractivity contribution is 9.10. The van der Waals surface area contributed by atoms with E-state index in [1.165, 1.54) is 0 Å². The van der Waals surface area contributed by atoms with Crippen molar-refractivity contribution in [1.82, 2.24) is 4.90 Å². The van der Waals surface area contributed by atoms with E-state index in [4.69, 9.17) is 13.9 Å². The number of amides is 1. The van der Waals surface area contributed by atoms with Crippen LogP contribution in [0.1, 0.15) is 35.4 Å². The molecule has 2 aromatic rings. The molecule has 1 atom stereocenters. The second-order valence-electron chi connectivity index (χ2n) is 6.37. The van der Waals surface area contributed by atoms with Gasteiger partial charge in [-0.2, -0.15) is 0 Å². The molecule has 1 aromatic heterocycles. The third-order valence-corrected chi connectivity index (χ3v) is 5.36. The van der Waals surface area contributed by atoms with Gasteiger partial charge in [0.1, 0.15) is 5.58 Å². The number of likely N-dealkylation sites (tertiary alicyclic amines) is 1. The van der Waals surface area contributed by atoms with Crippen LogP contribution < -0.4 is 0 Å². The van der Waals surface area contributed by atoms with E-state index in [-0.39, 0.29) is 18.2 Å². The molecule has 0 saturated carbocycles. The van der Waals surface area contributed by atoms with Crippen molar-refractivity contribution in [2.24, 2.45) is 0 Å². The first-order valence-corrected chi connectivity index (χ1v) is 9.17. The quantitative estimate of drug-likeness (QED) is 0.776. The van der Waals surface area contributed by atoms with Crippen molar-refractivity contribution in [3.8, 4) is 0 Å². The van der Waals surface area contributed by atoms with Crippen LogP contribution >= 0.6 is 15.9 Å². The Hall–Kier alpha value is -1.37. The Morgan fingerprint density at radius 3 is 2.83 bits per heavy atom. The summed E-state index contributed by atoms with van der Waals surface area (Å²) >= 11 is 3.47. The van der Waals surface area contributed by atoms with Crippen molar-refractivity contribution in [1.29, 1.82) is 0 Å². The smallest absolute Gasteiger partial charge is 0.290 e. The summed E-state index contributed by atoms with van der Waals surface area (Å²) in [4.78, 5) is 15.0. The highest BCUT2D eigenvalue weighted by Gasteiger charge is 2.38. The van der Waals surface area contributed by atoms with Crippen LogP contribution in [0.4, 0.5) is 0 Å². The van der Waals surface area contributed by atoms with Gasteiger partial charge in [-0.05, 0) is 44.4 Å². The van der Waals surface area contributed by atoms with E-state index in [9.17, 15) is 4.79 Å². The molecule has 5 nitrogen and oxygen atoms in total. The minimum Gasteiger partial charge on any atom is -0.451 e. The number of hydrogen-bond acceptors (Lipinski definition) is 4. The molecule has 0 aliphatic carbocycles. The first kappa shape index (κ1) is 16.1. The number of benzene rings is 1. The summed E-state index contributed by atoms with van der Waals surface area (Å²) < 4.78 is 18.2. The van der Waals surface area contributed by atoms with Crippen molar-refractivity contribution in [3.63, 3.8) is 0 Å². The van der Waals surface area contributed by atoms with Crippen LogP contribution in [0.15, 0.2) is 27.1 Å². The van der Waals surface area contributed by atoms with Gasteiger partial charge in [0.05, 0.1) is 19.3 Å². The Morgan fingerprint density at radius 2 is 2.04 bits per heavy atom. The number of rotatable bonds is 2. The second kappa shape index (κ2) is 6.50. The van der Waals surface area contributed by atoms with Gasteiger partial charge in [-0.1, -0.05) is 15.9 Å². The molecule has 0 radical (unpaired) electrons. The number of furan rings is 1. The van der Waals surface area contributed by atoms with Gasteiger partial charge in [0.2, 0.25) is 0 Å². The van der Waals surface area contributed by atoms with E-state index >= 15 is 0 Å². The van der Waals surface area contributed by atoms with Crippen molar-refractivity contribution in [2.45, 2.75) is 38.5 Å². The molecular formula is C18H20BrNO4. The predicted molar refractivity (Wildman–Crippen MR) is 93.0 cm³/mol. The van der Waals surface area contributed by atoms with Gasteiger partial charge >= 0.3 is 0 Å². The van der Waals surface area contributed by atoms with Gasteiger partial charge in [0.15, 0.2) is 12.1 Å². The molecule has 1 aromatic carbocycles. The summed E-state index contributed by atoms with van der Waals surface area (Å²) in [6.07, 6.45) is 2.68. The number of fused-ring (bicyclic) bond motifs is 1. The fraction of sp³-hybridized carbons (Fsp3) is 0.500. The Morgan fingerprint density at radius 1 is 1.25 bits per heavy atom. The van der Waals surface area contributed by atoms with Crippen molar-refractivity contribution in [2.75, 3.05) is 19.8 Å². The molecule has 2 saturated heterocycles. The number of piperidine rings is 1. The fourth-order valence-electron chi connectivity index (χ4n) is 3.62. The molecule has 0 bridgehead atoms. The zero-order valence-electron chi connectivity index (χ0n) is 13.6. The SMILES string of the molecule is Cc1c(C(=O)N2CCCCC2C2OCCO2)oc2ccc(Br)cc12. The van der Waals surface area contributed by atoms with Gasteiger partial charge in [-0.15, -0.1) is 0 Å². The van der Waals surface area contributed by atoms with E-state index in [0.717, 1.165) is 40.3 Å². The topological polar surface area (TPSA) is 51.9 Å². The molecule has 128 valence electrons. The first-order valence-electron chi connectivity index (χ1n) is 8.38. The molecule has 4 rings (SSSR count).